The van der Waals surface area contributed by atoms with E-state index >= 15 is 0 Å². The number of Topliss-reactive ketones (excluding diaryl/α,β-unsaturated/α-hetero) is 1. The van der Waals surface area contributed by atoms with Crippen LogP contribution in [0.1, 0.15) is 117 Å². The zero-order valence-electron chi connectivity index (χ0n) is 18.3. The molecule has 0 spiro atoms. The van der Waals surface area contributed by atoms with Gasteiger partial charge in [-0.05, 0) is 42.9 Å². The van der Waals surface area contributed by atoms with Crippen molar-refractivity contribution in [2.24, 2.45) is 0 Å². The van der Waals surface area contributed by atoms with Crippen molar-refractivity contribution in [1.29, 1.82) is 5.26 Å². The van der Waals surface area contributed by atoms with E-state index in [1.54, 1.807) is 0 Å². The van der Waals surface area contributed by atoms with Gasteiger partial charge in [-0.1, -0.05) is 90.9 Å². The zero-order chi connectivity index (χ0) is 19.8. The highest BCUT2D eigenvalue weighted by molar-refractivity contribution is 8.34. The summed E-state index contributed by atoms with van der Waals surface area (Å²) in [7, 11) is -0.973. The number of nitriles is 1. The Balaban J connectivity index is 2.73. The van der Waals surface area contributed by atoms with E-state index in [9.17, 15) is 10.1 Å². The van der Waals surface area contributed by atoms with E-state index in [1.807, 2.05) is 0 Å². The fourth-order valence-electron chi connectivity index (χ4n) is 4.77. The fourth-order valence-corrected chi connectivity index (χ4v) is 9.78. The number of hydrogen-bond acceptors (Lipinski definition) is 2. The largest absolute Gasteiger partial charge is 0.281 e. The number of unbranched alkanes of at least 4 members (excludes halogenated alkanes) is 6. The molecule has 2 nitrogen and oxygen atoms in total. The van der Waals surface area contributed by atoms with Gasteiger partial charge < -0.3 is 0 Å². The minimum Gasteiger partial charge on any atom is -0.281 e. The molecule has 0 radical (unpaired) electrons. The van der Waals surface area contributed by atoms with E-state index in [0.29, 0.717) is 0 Å². The van der Waals surface area contributed by atoms with Crippen LogP contribution in [0.4, 0.5) is 0 Å². The Morgan fingerprint density at radius 1 is 0.815 bits per heavy atom. The highest BCUT2D eigenvalue weighted by Crippen LogP contribution is 2.56. The lowest BCUT2D eigenvalue weighted by atomic mass is 10.1. The van der Waals surface area contributed by atoms with Gasteiger partial charge in [0.15, 0.2) is 0 Å². The van der Waals surface area contributed by atoms with Crippen LogP contribution in [-0.4, -0.2) is 28.3 Å². The number of carbonyl (C=O) groups is 1. The maximum Gasteiger partial charge on any atom is 0.243 e. The maximum absolute atomic E-state index is 12.7. The molecule has 1 rings (SSSR count). The third-order valence-corrected chi connectivity index (χ3v) is 11.4. The van der Waals surface area contributed by atoms with Crippen LogP contribution in [0.5, 0.6) is 0 Å². The Labute approximate surface area is 171 Å². The monoisotopic (exact) mass is 395 g/mol. The third kappa shape index (κ3) is 9.51. The van der Waals surface area contributed by atoms with E-state index in [-0.39, 0.29) is 11.0 Å². The van der Waals surface area contributed by atoms with Crippen LogP contribution in [-0.2, 0) is 4.79 Å². The molecular weight excluding hydrogens is 350 g/mol. The van der Waals surface area contributed by atoms with E-state index in [0.717, 1.165) is 12.8 Å². The molecule has 0 unspecified atom stereocenters. The normalized spacial score (nSPS) is 20.3. The van der Waals surface area contributed by atoms with E-state index in [4.69, 9.17) is 0 Å². The molecule has 1 saturated heterocycles. The second-order valence-corrected chi connectivity index (χ2v) is 12.6. The lowest BCUT2D eigenvalue weighted by Gasteiger charge is -2.46. The molecule has 0 aliphatic carbocycles. The van der Waals surface area contributed by atoms with Gasteiger partial charge >= 0.3 is 0 Å². The highest BCUT2D eigenvalue weighted by atomic mass is 32.3. The minimum atomic E-state index is -0.973. The molecule has 1 fully saturated rings. The van der Waals surface area contributed by atoms with Gasteiger partial charge in [-0.15, -0.1) is 0 Å². The smallest absolute Gasteiger partial charge is 0.243 e. The fraction of sp³-hybridized carbons (Fsp3) is 0.917. The summed E-state index contributed by atoms with van der Waals surface area (Å²) in [5, 5.41) is 9.53. The predicted molar refractivity (Wildman–Crippen MR) is 122 cm³/mol. The predicted octanol–water partition coefficient (Wildman–Crippen LogP) is 7.55. The molecule has 27 heavy (non-hydrogen) atoms. The summed E-state index contributed by atoms with van der Waals surface area (Å²) in [4.78, 5) is 12.7. The molecule has 0 saturated carbocycles. The second-order valence-electron chi connectivity index (χ2n) is 8.57. The summed E-state index contributed by atoms with van der Waals surface area (Å²) >= 11 is 0. The Morgan fingerprint density at radius 2 is 1.33 bits per heavy atom. The van der Waals surface area contributed by atoms with Crippen molar-refractivity contribution >= 4 is 15.8 Å². The van der Waals surface area contributed by atoms with Crippen molar-refractivity contribution in [1.82, 2.24) is 0 Å². The van der Waals surface area contributed by atoms with E-state index < -0.39 is 10.0 Å². The summed E-state index contributed by atoms with van der Waals surface area (Å²) in [6, 6.07) is 2.06. The maximum atomic E-state index is 12.7. The van der Waals surface area contributed by atoms with Crippen LogP contribution >= 0.6 is 10.0 Å². The second kappa shape index (κ2) is 15.4. The van der Waals surface area contributed by atoms with E-state index in [2.05, 4.69) is 19.9 Å². The van der Waals surface area contributed by atoms with Gasteiger partial charge in [0.25, 0.3) is 0 Å². The van der Waals surface area contributed by atoms with Crippen molar-refractivity contribution in [2.45, 2.75) is 122 Å². The van der Waals surface area contributed by atoms with Gasteiger partial charge in [0.2, 0.25) is 5.78 Å². The lowest BCUT2D eigenvalue weighted by molar-refractivity contribution is -0.113. The zero-order valence-corrected chi connectivity index (χ0v) is 19.1. The van der Waals surface area contributed by atoms with Crippen LogP contribution in [0.25, 0.3) is 0 Å². The molecule has 1 heterocycles. The Hall–Kier alpha value is -0.490. The SMILES string of the molecule is CCCCCCCCC[C@@H](C(=O)C#N)S1(CCC)CCCCCCCCC1. The topological polar surface area (TPSA) is 40.9 Å². The summed E-state index contributed by atoms with van der Waals surface area (Å²) in [6.45, 7) is 4.53. The van der Waals surface area contributed by atoms with Crippen LogP contribution < -0.4 is 0 Å². The Morgan fingerprint density at radius 3 is 1.85 bits per heavy atom. The number of nitrogens with zero attached hydrogens (tertiary/aromatic N) is 1. The van der Waals surface area contributed by atoms with Gasteiger partial charge in [0, 0.05) is 0 Å². The van der Waals surface area contributed by atoms with E-state index in [1.165, 1.54) is 107 Å². The standard InChI is InChI=1S/C24H45NOS/c1-3-5-6-7-9-12-15-18-24(23(26)22-25)27(19-4-2)20-16-13-10-8-11-14-17-21-27/h24H,3-21H2,1-2H3/t24-/m0/s1. The molecule has 1 aliphatic heterocycles. The molecule has 1 aliphatic rings. The van der Waals surface area contributed by atoms with Gasteiger partial charge in [0.1, 0.15) is 6.07 Å². The summed E-state index contributed by atoms with van der Waals surface area (Å²) in [5.41, 5.74) is 0. The van der Waals surface area contributed by atoms with Gasteiger partial charge in [-0.3, -0.25) is 4.79 Å². The molecule has 0 bridgehead atoms. The average Bonchev–Trinajstić information content (AvgIpc) is 2.68. The number of carbonyl (C=O) groups excluding carboxylic acids is 1. The number of rotatable bonds is 12. The average molecular weight is 396 g/mol. The first-order valence-electron chi connectivity index (χ1n) is 11.9. The number of hydrogen-bond donors (Lipinski definition) is 0. The van der Waals surface area contributed by atoms with Crippen molar-refractivity contribution in [3.63, 3.8) is 0 Å². The molecule has 0 amide bonds. The number of ketones is 1. The summed E-state index contributed by atoms with van der Waals surface area (Å²) in [6.07, 6.45) is 20.4. The van der Waals surface area contributed by atoms with Crippen molar-refractivity contribution in [2.75, 3.05) is 17.3 Å². The van der Waals surface area contributed by atoms with Crippen molar-refractivity contribution < 1.29 is 4.79 Å². The van der Waals surface area contributed by atoms with Gasteiger partial charge in [-0.2, -0.15) is 5.26 Å². The lowest BCUT2D eigenvalue weighted by Crippen LogP contribution is -2.33. The minimum absolute atomic E-state index is 0.0671. The highest BCUT2D eigenvalue weighted by Gasteiger charge is 2.36. The third-order valence-electron chi connectivity index (χ3n) is 6.29. The first kappa shape index (κ1) is 24.5. The molecule has 0 N–H and O–H groups in total. The van der Waals surface area contributed by atoms with Crippen LogP contribution in [0, 0.1) is 11.3 Å². The molecule has 3 heteroatoms. The Kier molecular flexibility index (Phi) is 14.0. The molecule has 0 aromatic heterocycles. The summed E-state index contributed by atoms with van der Waals surface area (Å²) < 4.78 is 0. The van der Waals surface area contributed by atoms with Crippen molar-refractivity contribution in [3.05, 3.63) is 0 Å². The first-order chi connectivity index (χ1) is 13.2. The van der Waals surface area contributed by atoms with Gasteiger partial charge in [-0.25, -0.2) is 10.0 Å². The Bertz CT molecular complexity index is 419. The van der Waals surface area contributed by atoms with Crippen LogP contribution in [0.2, 0.25) is 0 Å². The van der Waals surface area contributed by atoms with Crippen molar-refractivity contribution in [3.8, 4) is 6.07 Å². The molecule has 0 aromatic carbocycles. The summed E-state index contributed by atoms with van der Waals surface area (Å²) in [5.74, 6) is 3.62. The quantitative estimate of drug-likeness (QED) is 0.253. The van der Waals surface area contributed by atoms with Gasteiger partial charge in [0.05, 0.1) is 5.25 Å². The first-order valence-corrected chi connectivity index (χ1v) is 14.1. The molecule has 1 atom stereocenters. The van der Waals surface area contributed by atoms with Crippen LogP contribution in [0.15, 0.2) is 0 Å². The molecular formula is C24H45NOS. The molecule has 0 aromatic rings. The van der Waals surface area contributed by atoms with Crippen LogP contribution in [0.3, 0.4) is 0 Å². The molecule has 158 valence electrons.